The van der Waals surface area contributed by atoms with E-state index in [0.717, 1.165) is 18.7 Å². The Balaban J connectivity index is 2.00. The van der Waals surface area contributed by atoms with E-state index in [1.54, 1.807) is 7.11 Å². The average Bonchev–Trinajstić information content (AvgIpc) is 2.82. The summed E-state index contributed by atoms with van der Waals surface area (Å²) in [4.78, 5) is 11.9. The predicted molar refractivity (Wildman–Crippen MR) is 67.4 cm³/mol. The normalized spacial score (nSPS) is 14.9. The number of ether oxygens (including phenoxy) is 1. The third kappa shape index (κ3) is 2.77. The van der Waals surface area contributed by atoms with Crippen LogP contribution in [0.4, 0.5) is 5.69 Å². The van der Waals surface area contributed by atoms with E-state index in [9.17, 15) is 4.79 Å². The Kier molecular flexibility index (Phi) is 3.64. The van der Waals surface area contributed by atoms with E-state index in [1.165, 1.54) is 5.56 Å². The van der Waals surface area contributed by atoms with Crippen LogP contribution in [-0.4, -0.2) is 32.2 Å². The highest BCUT2D eigenvalue weighted by Crippen LogP contribution is 2.23. The minimum absolute atomic E-state index is 0.0338. The average molecular weight is 234 g/mol. The number of carbonyl (C=O) groups excluding carboxylic acids is 1. The van der Waals surface area contributed by atoms with Gasteiger partial charge in [-0.25, -0.2) is 0 Å². The Hall–Kier alpha value is -1.55. The summed E-state index contributed by atoms with van der Waals surface area (Å²) in [5.41, 5.74) is 3.06. The molecule has 1 heterocycles. The molecule has 0 radical (unpaired) electrons. The molecule has 2 N–H and O–H groups in total. The third-order valence-electron chi connectivity index (χ3n) is 3.03. The fourth-order valence-corrected chi connectivity index (χ4v) is 1.85. The summed E-state index contributed by atoms with van der Waals surface area (Å²) in [5, 5.41) is 6.12. The van der Waals surface area contributed by atoms with Crippen molar-refractivity contribution in [2.45, 2.75) is 19.4 Å². The van der Waals surface area contributed by atoms with Crippen molar-refractivity contribution in [1.29, 1.82) is 0 Å². The summed E-state index contributed by atoms with van der Waals surface area (Å²) < 4.78 is 5.08. The van der Waals surface area contributed by atoms with Gasteiger partial charge in [0, 0.05) is 31.5 Å². The van der Waals surface area contributed by atoms with Crippen molar-refractivity contribution in [3.63, 3.8) is 0 Å². The van der Waals surface area contributed by atoms with Gasteiger partial charge in [0.1, 0.15) is 0 Å². The van der Waals surface area contributed by atoms with Gasteiger partial charge in [0.25, 0.3) is 5.91 Å². The second-order valence-electron chi connectivity index (χ2n) is 4.31. The molecule has 0 aliphatic carbocycles. The number of amides is 1. The summed E-state index contributed by atoms with van der Waals surface area (Å²) >= 11 is 0. The van der Waals surface area contributed by atoms with Gasteiger partial charge in [0.15, 0.2) is 0 Å². The molecule has 92 valence electrons. The van der Waals surface area contributed by atoms with Crippen LogP contribution in [0.5, 0.6) is 0 Å². The van der Waals surface area contributed by atoms with Gasteiger partial charge < -0.3 is 15.4 Å². The second kappa shape index (κ2) is 5.19. The molecule has 1 aliphatic heterocycles. The number of anilines is 1. The zero-order chi connectivity index (χ0) is 12.3. The highest BCUT2D eigenvalue weighted by molar-refractivity contribution is 5.95. The number of hydrogen-bond donors (Lipinski definition) is 2. The van der Waals surface area contributed by atoms with Gasteiger partial charge in [-0.3, -0.25) is 4.79 Å². The summed E-state index contributed by atoms with van der Waals surface area (Å²) in [6.45, 7) is 3.41. The van der Waals surface area contributed by atoms with Crippen LogP contribution in [0.3, 0.4) is 0 Å². The lowest BCUT2D eigenvalue weighted by atomic mass is 10.1. The standard InChI is InChI=1S/C13H18N2O2/c1-9(17-2)8-15-13(16)11-4-3-10-5-6-14-12(10)7-11/h3-4,7,9,14H,5-6,8H2,1-2H3,(H,15,16). The number of rotatable bonds is 4. The van der Waals surface area contributed by atoms with E-state index >= 15 is 0 Å². The highest BCUT2D eigenvalue weighted by Gasteiger charge is 2.13. The van der Waals surface area contributed by atoms with Crippen LogP contribution < -0.4 is 10.6 Å². The van der Waals surface area contributed by atoms with Crippen molar-refractivity contribution in [3.8, 4) is 0 Å². The maximum Gasteiger partial charge on any atom is 0.251 e. The molecule has 1 aliphatic rings. The van der Waals surface area contributed by atoms with Crippen molar-refractivity contribution in [1.82, 2.24) is 5.32 Å². The van der Waals surface area contributed by atoms with Crippen LogP contribution in [0.25, 0.3) is 0 Å². The molecule has 0 bridgehead atoms. The van der Waals surface area contributed by atoms with Crippen molar-refractivity contribution >= 4 is 11.6 Å². The van der Waals surface area contributed by atoms with Crippen molar-refractivity contribution in [2.24, 2.45) is 0 Å². The number of nitrogens with one attached hydrogen (secondary N) is 2. The topological polar surface area (TPSA) is 50.4 Å². The SMILES string of the molecule is COC(C)CNC(=O)c1ccc2c(c1)NCC2. The molecule has 0 saturated carbocycles. The lowest BCUT2D eigenvalue weighted by Crippen LogP contribution is -2.31. The molecule has 2 rings (SSSR count). The van der Waals surface area contributed by atoms with Gasteiger partial charge in [-0.1, -0.05) is 6.07 Å². The van der Waals surface area contributed by atoms with E-state index in [2.05, 4.69) is 10.6 Å². The Morgan fingerprint density at radius 1 is 1.59 bits per heavy atom. The maximum absolute atomic E-state index is 11.9. The molecule has 0 saturated heterocycles. The van der Waals surface area contributed by atoms with Gasteiger partial charge >= 0.3 is 0 Å². The van der Waals surface area contributed by atoms with Gasteiger partial charge in [0.05, 0.1) is 6.10 Å². The number of benzene rings is 1. The molecule has 1 amide bonds. The quantitative estimate of drug-likeness (QED) is 0.828. The maximum atomic E-state index is 11.9. The molecule has 0 aromatic heterocycles. The molecule has 1 aromatic rings. The first kappa shape index (κ1) is 11.9. The van der Waals surface area contributed by atoms with Crippen LogP contribution in [-0.2, 0) is 11.2 Å². The van der Waals surface area contributed by atoms with Crippen LogP contribution in [0.2, 0.25) is 0 Å². The monoisotopic (exact) mass is 234 g/mol. The molecule has 1 unspecified atom stereocenters. The molecular formula is C13H18N2O2. The van der Waals surface area contributed by atoms with Crippen LogP contribution in [0.1, 0.15) is 22.8 Å². The lowest BCUT2D eigenvalue weighted by Gasteiger charge is -2.11. The molecule has 1 aromatic carbocycles. The lowest BCUT2D eigenvalue weighted by molar-refractivity contribution is 0.0870. The number of carbonyl (C=O) groups is 1. The number of fused-ring (bicyclic) bond motifs is 1. The van der Waals surface area contributed by atoms with Crippen LogP contribution in [0.15, 0.2) is 18.2 Å². The van der Waals surface area contributed by atoms with E-state index in [0.29, 0.717) is 12.1 Å². The zero-order valence-corrected chi connectivity index (χ0v) is 10.2. The number of methoxy groups -OCH3 is 1. The molecule has 4 nitrogen and oxygen atoms in total. The molecule has 0 spiro atoms. The van der Waals surface area contributed by atoms with Gasteiger partial charge in [-0.05, 0) is 31.0 Å². The van der Waals surface area contributed by atoms with Gasteiger partial charge in [-0.2, -0.15) is 0 Å². The number of hydrogen-bond acceptors (Lipinski definition) is 3. The predicted octanol–water partition coefficient (Wildman–Crippen LogP) is 1.42. The molecule has 17 heavy (non-hydrogen) atoms. The Morgan fingerprint density at radius 2 is 2.41 bits per heavy atom. The molecule has 0 fully saturated rings. The molecular weight excluding hydrogens is 216 g/mol. The Morgan fingerprint density at radius 3 is 3.18 bits per heavy atom. The molecule has 4 heteroatoms. The smallest absolute Gasteiger partial charge is 0.251 e. The summed E-state index contributed by atoms with van der Waals surface area (Å²) in [6.07, 6.45) is 1.07. The first-order chi connectivity index (χ1) is 8.20. The highest BCUT2D eigenvalue weighted by atomic mass is 16.5. The minimum Gasteiger partial charge on any atom is -0.384 e. The van der Waals surface area contributed by atoms with E-state index in [-0.39, 0.29) is 12.0 Å². The van der Waals surface area contributed by atoms with Crippen LogP contribution in [0, 0.1) is 0 Å². The fourth-order valence-electron chi connectivity index (χ4n) is 1.85. The zero-order valence-electron chi connectivity index (χ0n) is 10.2. The molecule has 1 atom stereocenters. The van der Waals surface area contributed by atoms with Crippen molar-refractivity contribution in [3.05, 3.63) is 29.3 Å². The summed E-state index contributed by atoms with van der Waals surface area (Å²) in [5.74, 6) is -0.0506. The Labute approximate surface area is 101 Å². The van der Waals surface area contributed by atoms with E-state index in [1.807, 2.05) is 25.1 Å². The van der Waals surface area contributed by atoms with E-state index < -0.39 is 0 Å². The minimum atomic E-state index is -0.0506. The second-order valence-corrected chi connectivity index (χ2v) is 4.31. The van der Waals surface area contributed by atoms with Gasteiger partial charge in [-0.15, -0.1) is 0 Å². The summed E-state index contributed by atoms with van der Waals surface area (Å²) in [6, 6.07) is 5.80. The van der Waals surface area contributed by atoms with Crippen molar-refractivity contribution in [2.75, 3.05) is 25.5 Å². The van der Waals surface area contributed by atoms with Gasteiger partial charge in [0.2, 0.25) is 0 Å². The summed E-state index contributed by atoms with van der Waals surface area (Å²) in [7, 11) is 1.64. The van der Waals surface area contributed by atoms with Crippen LogP contribution >= 0.6 is 0 Å². The first-order valence-corrected chi connectivity index (χ1v) is 5.88. The van der Waals surface area contributed by atoms with E-state index in [4.69, 9.17) is 4.74 Å². The largest absolute Gasteiger partial charge is 0.384 e. The first-order valence-electron chi connectivity index (χ1n) is 5.88. The van der Waals surface area contributed by atoms with Crippen molar-refractivity contribution < 1.29 is 9.53 Å². The Bertz CT molecular complexity index is 418. The fraction of sp³-hybridized carbons (Fsp3) is 0.462. The third-order valence-corrected chi connectivity index (χ3v) is 3.03.